The van der Waals surface area contributed by atoms with Gasteiger partial charge >= 0.3 is 0 Å². The van der Waals surface area contributed by atoms with Gasteiger partial charge in [-0.15, -0.1) is 0 Å². The Kier molecular flexibility index (Phi) is 3.14. The summed E-state index contributed by atoms with van der Waals surface area (Å²) in [6.07, 6.45) is 11.7. The van der Waals surface area contributed by atoms with Crippen LogP contribution in [0.3, 0.4) is 0 Å². The first kappa shape index (κ1) is 15.2. The molecule has 0 saturated heterocycles. The first-order valence-electron chi connectivity index (χ1n) is 10.0. The molecular weight excluding hydrogens is 324 g/mol. The molecule has 3 aromatic rings. The van der Waals surface area contributed by atoms with Crippen LogP contribution in [0, 0.1) is 5.92 Å². The third kappa shape index (κ3) is 1.93. The van der Waals surface area contributed by atoms with Gasteiger partial charge in [-0.25, -0.2) is 0 Å². The summed E-state index contributed by atoms with van der Waals surface area (Å²) in [5, 5.41) is 0. The summed E-state index contributed by atoms with van der Waals surface area (Å²) in [5.74, 6) is 0.858. The maximum absolute atomic E-state index is 2.42. The Balaban J connectivity index is 1.68. The zero-order chi connectivity index (χ0) is 17.8. The Morgan fingerprint density at radius 1 is 0.667 bits per heavy atom. The Morgan fingerprint density at radius 3 is 1.96 bits per heavy atom. The van der Waals surface area contributed by atoms with Crippen LogP contribution in [0.1, 0.15) is 34.6 Å². The van der Waals surface area contributed by atoms with Gasteiger partial charge in [0.1, 0.15) is 0 Å². The van der Waals surface area contributed by atoms with Crippen molar-refractivity contribution in [3.8, 4) is 11.1 Å². The molecule has 0 N–H and O–H groups in total. The maximum Gasteiger partial charge on any atom is 0.0207 e. The molecule has 0 aromatic heterocycles. The van der Waals surface area contributed by atoms with Gasteiger partial charge in [0.15, 0.2) is 0 Å². The van der Waals surface area contributed by atoms with Crippen LogP contribution in [-0.4, -0.2) is 0 Å². The van der Waals surface area contributed by atoms with Crippen LogP contribution in [0.15, 0.2) is 97.1 Å². The highest BCUT2D eigenvalue weighted by atomic mass is 14.5. The number of hydrogen-bond donors (Lipinski definition) is 0. The number of fused-ring (bicyclic) bond motifs is 4. The van der Waals surface area contributed by atoms with E-state index in [1.807, 2.05) is 0 Å². The fraction of sp³-hybridized carbons (Fsp3) is 0.185. The minimum atomic E-state index is 0.100. The molecule has 0 spiro atoms. The molecule has 6 rings (SSSR count). The highest BCUT2D eigenvalue weighted by Crippen LogP contribution is 2.61. The third-order valence-electron chi connectivity index (χ3n) is 7.02. The molecule has 1 unspecified atom stereocenters. The highest BCUT2D eigenvalue weighted by molar-refractivity contribution is 5.80. The largest absolute Gasteiger partial charge is 0.0767 e. The van der Waals surface area contributed by atoms with Crippen LogP contribution in [0.5, 0.6) is 0 Å². The molecule has 1 atom stereocenters. The molecule has 0 radical (unpaired) electrons. The molecule has 0 bridgehead atoms. The van der Waals surface area contributed by atoms with Gasteiger partial charge in [0.2, 0.25) is 0 Å². The zero-order valence-corrected chi connectivity index (χ0v) is 15.3. The third-order valence-corrected chi connectivity index (χ3v) is 7.02. The molecule has 3 aromatic carbocycles. The average molecular weight is 346 g/mol. The van der Waals surface area contributed by atoms with Gasteiger partial charge in [-0.2, -0.15) is 0 Å². The lowest BCUT2D eigenvalue weighted by atomic mass is 9.60. The first-order chi connectivity index (χ1) is 13.4. The van der Waals surface area contributed by atoms with Crippen molar-refractivity contribution in [1.29, 1.82) is 0 Å². The average Bonchev–Trinajstić information content (AvgIpc) is 3.45. The number of benzene rings is 3. The van der Waals surface area contributed by atoms with Crippen molar-refractivity contribution < 1.29 is 0 Å². The van der Waals surface area contributed by atoms with E-state index in [9.17, 15) is 0 Å². The van der Waals surface area contributed by atoms with Crippen LogP contribution < -0.4 is 0 Å². The summed E-state index contributed by atoms with van der Waals surface area (Å²) in [6, 6.07) is 27.3. The number of allylic oxidation sites excluding steroid dienone is 4. The molecular formula is C27H22. The van der Waals surface area contributed by atoms with Gasteiger partial charge in [0, 0.05) is 17.3 Å². The summed E-state index contributed by atoms with van der Waals surface area (Å²) < 4.78 is 0. The standard InChI is InChI=1S/C27H22/c1-8-16-25-19(9-1)17-18-27(25,20-10-2-3-11-20)26-23-14-6-4-12-21(23)22-13-5-7-15-24(22)26/h1-16,20,26H,17-18H2. The number of aryl methyl sites for hydroxylation is 1. The van der Waals surface area contributed by atoms with Crippen LogP contribution in [0.25, 0.3) is 11.1 Å². The van der Waals surface area contributed by atoms with E-state index in [4.69, 9.17) is 0 Å². The van der Waals surface area contributed by atoms with E-state index in [-0.39, 0.29) is 5.41 Å². The molecule has 0 saturated carbocycles. The van der Waals surface area contributed by atoms with Crippen molar-refractivity contribution >= 4 is 0 Å². The number of rotatable bonds is 2. The molecule has 0 fully saturated rings. The Bertz CT molecular complexity index is 1040. The molecule has 3 aliphatic carbocycles. The van der Waals surface area contributed by atoms with E-state index in [0.29, 0.717) is 11.8 Å². The molecule has 0 amide bonds. The molecule has 0 aliphatic heterocycles. The molecule has 130 valence electrons. The van der Waals surface area contributed by atoms with Crippen LogP contribution in [0.4, 0.5) is 0 Å². The minimum absolute atomic E-state index is 0.100. The van der Waals surface area contributed by atoms with Gasteiger partial charge < -0.3 is 0 Å². The fourth-order valence-electron chi connectivity index (χ4n) is 5.99. The molecule has 3 aliphatic rings. The van der Waals surface area contributed by atoms with E-state index < -0.39 is 0 Å². The van der Waals surface area contributed by atoms with E-state index >= 15 is 0 Å². The van der Waals surface area contributed by atoms with Gasteiger partial charge in [-0.05, 0) is 46.2 Å². The van der Waals surface area contributed by atoms with Crippen LogP contribution >= 0.6 is 0 Å². The number of hydrogen-bond acceptors (Lipinski definition) is 0. The van der Waals surface area contributed by atoms with Gasteiger partial charge in [0.05, 0.1) is 0 Å². The smallest absolute Gasteiger partial charge is 0.0207 e. The van der Waals surface area contributed by atoms with Crippen molar-refractivity contribution in [2.24, 2.45) is 5.92 Å². The summed E-state index contributed by atoms with van der Waals surface area (Å²) >= 11 is 0. The van der Waals surface area contributed by atoms with E-state index in [0.717, 1.165) is 0 Å². The van der Waals surface area contributed by atoms with Crippen LogP contribution in [0.2, 0.25) is 0 Å². The molecule has 0 nitrogen and oxygen atoms in total. The second-order valence-electron chi connectivity index (χ2n) is 8.10. The van der Waals surface area contributed by atoms with Crippen molar-refractivity contribution in [1.82, 2.24) is 0 Å². The Morgan fingerprint density at radius 2 is 1.26 bits per heavy atom. The monoisotopic (exact) mass is 346 g/mol. The fourth-order valence-corrected chi connectivity index (χ4v) is 5.99. The van der Waals surface area contributed by atoms with Crippen molar-refractivity contribution in [2.75, 3.05) is 0 Å². The Labute approximate surface area is 160 Å². The van der Waals surface area contributed by atoms with E-state index in [1.54, 1.807) is 5.56 Å². The Hall–Kier alpha value is -2.86. The highest BCUT2D eigenvalue weighted by Gasteiger charge is 2.52. The van der Waals surface area contributed by atoms with Crippen LogP contribution in [-0.2, 0) is 11.8 Å². The quantitative estimate of drug-likeness (QED) is 0.502. The summed E-state index contributed by atoms with van der Waals surface area (Å²) in [4.78, 5) is 0. The topological polar surface area (TPSA) is 0 Å². The van der Waals surface area contributed by atoms with E-state index in [2.05, 4.69) is 97.1 Å². The first-order valence-corrected chi connectivity index (χ1v) is 10.0. The predicted octanol–water partition coefficient (Wildman–Crippen LogP) is 6.43. The molecule has 0 heteroatoms. The molecule has 27 heavy (non-hydrogen) atoms. The lowest BCUT2D eigenvalue weighted by molar-refractivity contribution is 0.324. The van der Waals surface area contributed by atoms with Gasteiger partial charge in [-0.1, -0.05) is 97.1 Å². The van der Waals surface area contributed by atoms with E-state index in [1.165, 1.54) is 40.7 Å². The summed E-state index contributed by atoms with van der Waals surface area (Å²) in [6.45, 7) is 0. The SMILES string of the molecule is C1=CC(C2(C3c4ccccc4-c4ccccc43)CCc3ccccc32)C=C1. The second kappa shape index (κ2) is 5.57. The lowest BCUT2D eigenvalue weighted by Gasteiger charge is -2.42. The summed E-state index contributed by atoms with van der Waals surface area (Å²) in [7, 11) is 0. The van der Waals surface area contributed by atoms with Crippen molar-refractivity contribution in [3.63, 3.8) is 0 Å². The molecule has 0 heterocycles. The van der Waals surface area contributed by atoms with Gasteiger partial charge in [0.25, 0.3) is 0 Å². The van der Waals surface area contributed by atoms with Crippen molar-refractivity contribution in [3.05, 3.63) is 119 Å². The van der Waals surface area contributed by atoms with Crippen molar-refractivity contribution in [2.45, 2.75) is 24.2 Å². The second-order valence-corrected chi connectivity index (χ2v) is 8.10. The normalized spacial score (nSPS) is 22.8. The minimum Gasteiger partial charge on any atom is -0.0767 e. The maximum atomic E-state index is 2.42. The lowest BCUT2D eigenvalue weighted by Crippen LogP contribution is -2.37. The predicted molar refractivity (Wildman–Crippen MR) is 112 cm³/mol. The summed E-state index contributed by atoms with van der Waals surface area (Å²) in [5.41, 5.74) is 9.05. The zero-order valence-electron chi connectivity index (χ0n) is 15.3. The van der Waals surface area contributed by atoms with Gasteiger partial charge in [-0.3, -0.25) is 0 Å².